The molecular formula is C18H17F3N4O. The molecule has 0 bridgehead atoms. The van der Waals surface area contributed by atoms with Gasteiger partial charge in [-0.25, -0.2) is 4.98 Å². The van der Waals surface area contributed by atoms with Crippen molar-refractivity contribution in [3.05, 3.63) is 59.7 Å². The number of amides is 1. The van der Waals surface area contributed by atoms with Crippen molar-refractivity contribution in [2.24, 2.45) is 5.92 Å². The first-order valence-corrected chi connectivity index (χ1v) is 8.04. The van der Waals surface area contributed by atoms with Gasteiger partial charge in [-0.1, -0.05) is 26.0 Å². The summed E-state index contributed by atoms with van der Waals surface area (Å²) in [4.78, 5) is 23.4. The van der Waals surface area contributed by atoms with Crippen LogP contribution in [-0.4, -0.2) is 20.9 Å². The molecule has 3 rings (SSSR count). The molecule has 2 heterocycles. The summed E-state index contributed by atoms with van der Waals surface area (Å²) in [6, 6.07) is 8.96. The molecule has 3 aromatic rings. The fourth-order valence-electron chi connectivity index (χ4n) is 2.59. The zero-order valence-electron chi connectivity index (χ0n) is 14.1. The lowest BCUT2D eigenvalue weighted by Gasteiger charge is -2.20. The Morgan fingerprint density at radius 1 is 1.15 bits per heavy atom. The zero-order valence-corrected chi connectivity index (χ0v) is 14.1. The van der Waals surface area contributed by atoms with Crippen LogP contribution in [0.5, 0.6) is 0 Å². The highest BCUT2D eigenvalue weighted by Crippen LogP contribution is 2.27. The first-order valence-electron chi connectivity index (χ1n) is 8.04. The molecule has 0 aliphatic heterocycles. The number of nitrogens with one attached hydrogen (secondary N) is 2. The van der Waals surface area contributed by atoms with Crippen LogP contribution in [-0.2, 0) is 6.18 Å². The molecule has 8 heteroatoms. The van der Waals surface area contributed by atoms with Crippen LogP contribution < -0.4 is 5.32 Å². The third-order valence-electron chi connectivity index (χ3n) is 3.97. The van der Waals surface area contributed by atoms with E-state index < -0.39 is 23.8 Å². The summed E-state index contributed by atoms with van der Waals surface area (Å²) in [6.07, 6.45) is -3.61. The Morgan fingerprint density at radius 3 is 2.46 bits per heavy atom. The van der Waals surface area contributed by atoms with E-state index in [4.69, 9.17) is 0 Å². The van der Waals surface area contributed by atoms with Gasteiger partial charge in [0.2, 0.25) is 0 Å². The number of aromatic nitrogens is 3. The summed E-state index contributed by atoms with van der Waals surface area (Å²) in [7, 11) is 0. The van der Waals surface area contributed by atoms with Gasteiger partial charge in [-0.3, -0.25) is 9.78 Å². The molecule has 26 heavy (non-hydrogen) atoms. The van der Waals surface area contributed by atoms with E-state index in [1.54, 1.807) is 0 Å². The van der Waals surface area contributed by atoms with E-state index >= 15 is 0 Å². The second-order valence-corrected chi connectivity index (χ2v) is 6.26. The van der Waals surface area contributed by atoms with Crippen molar-refractivity contribution < 1.29 is 18.0 Å². The predicted octanol–water partition coefficient (Wildman–Crippen LogP) is 4.10. The van der Waals surface area contributed by atoms with Crippen LogP contribution in [0.1, 0.15) is 41.8 Å². The molecule has 136 valence electrons. The largest absolute Gasteiger partial charge is 0.433 e. The normalized spacial score (nSPS) is 13.2. The Balaban J connectivity index is 1.82. The number of rotatable bonds is 4. The number of carbonyl (C=O) groups is 1. The minimum Gasteiger partial charge on any atom is -0.342 e. The molecule has 0 aliphatic carbocycles. The van der Waals surface area contributed by atoms with Gasteiger partial charge in [-0.05, 0) is 30.2 Å². The van der Waals surface area contributed by atoms with Crippen molar-refractivity contribution in [3.63, 3.8) is 0 Å². The van der Waals surface area contributed by atoms with Crippen LogP contribution in [0.25, 0.3) is 11.0 Å². The average molecular weight is 362 g/mol. The summed E-state index contributed by atoms with van der Waals surface area (Å²) in [6.45, 7) is 3.84. The van der Waals surface area contributed by atoms with Crippen molar-refractivity contribution in [1.82, 2.24) is 20.3 Å². The van der Waals surface area contributed by atoms with Gasteiger partial charge in [0.15, 0.2) is 0 Å². The quantitative estimate of drug-likeness (QED) is 0.734. The summed E-state index contributed by atoms with van der Waals surface area (Å²) in [5, 5.41) is 2.81. The predicted molar refractivity (Wildman–Crippen MR) is 90.4 cm³/mol. The number of nitrogens with zero attached hydrogens (tertiary/aromatic N) is 2. The number of carbonyl (C=O) groups excluding carboxylic acids is 1. The van der Waals surface area contributed by atoms with Crippen LogP contribution in [0.15, 0.2) is 42.6 Å². The topological polar surface area (TPSA) is 70.7 Å². The molecule has 0 saturated heterocycles. The number of H-pyrrole nitrogens is 1. The van der Waals surface area contributed by atoms with Crippen molar-refractivity contribution in [1.29, 1.82) is 0 Å². The zero-order chi connectivity index (χ0) is 18.9. The van der Waals surface area contributed by atoms with E-state index in [9.17, 15) is 18.0 Å². The van der Waals surface area contributed by atoms with Gasteiger partial charge >= 0.3 is 6.18 Å². The Hall–Kier alpha value is -2.90. The minimum atomic E-state index is -4.54. The number of aromatic amines is 1. The fraction of sp³-hybridized carbons (Fsp3) is 0.278. The number of alkyl halides is 3. The molecule has 0 aliphatic rings. The monoisotopic (exact) mass is 362 g/mol. The third-order valence-corrected chi connectivity index (χ3v) is 3.97. The molecule has 2 N–H and O–H groups in total. The van der Waals surface area contributed by atoms with Crippen LogP contribution in [0, 0.1) is 5.92 Å². The number of pyridine rings is 1. The summed E-state index contributed by atoms with van der Waals surface area (Å²) in [5.74, 6) is 0.0988. The molecule has 1 amide bonds. The van der Waals surface area contributed by atoms with Crippen molar-refractivity contribution in [3.8, 4) is 0 Å². The molecule has 0 spiro atoms. The van der Waals surface area contributed by atoms with E-state index in [-0.39, 0.29) is 11.5 Å². The number of halogens is 3. The molecule has 0 radical (unpaired) electrons. The first-order chi connectivity index (χ1) is 12.3. The van der Waals surface area contributed by atoms with Crippen molar-refractivity contribution in [2.75, 3.05) is 0 Å². The first kappa shape index (κ1) is 17.9. The van der Waals surface area contributed by atoms with Crippen LogP contribution >= 0.6 is 0 Å². The number of hydrogen-bond donors (Lipinski definition) is 2. The minimum absolute atomic E-state index is 0.0157. The van der Waals surface area contributed by atoms with Gasteiger partial charge < -0.3 is 10.3 Å². The Morgan fingerprint density at radius 2 is 1.88 bits per heavy atom. The number of imidazole rings is 1. The number of hydrogen-bond acceptors (Lipinski definition) is 3. The van der Waals surface area contributed by atoms with Crippen LogP contribution in [0.3, 0.4) is 0 Å². The third kappa shape index (κ3) is 3.68. The van der Waals surface area contributed by atoms with Crippen LogP contribution in [0.2, 0.25) is 0 Å². The molecule has 1 aromatic carbocycles. The van der Waals surface area contributed by atoms with Gasteiger partial charge in [-0.2, -0.15) is 13.2 Å². The lowest BCUT2D eigenvalue weighted by molar-refractivity contribution is -0.141. The summed E-state index contributed by atoms with van der Waals surface area (Å²) >= 11 is 0. The number of fused-ring (bicyclic) bond motifs is 1. The maximum absolute atomic E-state index is 12.6. The summed E-state index contributed by atoms with van der Waals surface area (Å²) < 4.78 is 37.8. The van der Waals surface area contributed by atoms with Crippen molar-refractivity contribution >= 4 is 16.9 Å². The van der Waals surface area contributed by atoms with E-state index in [1.165, 1.54) is 0 Å². The molecule has 1 atom stereocenters. The highest BCUT2D eigenvalue weighted by atomic mass is 19.4. The highest BCUT2D eigenvalue weighted by molar-refractivity contribution is 5.94. The molecule has 1 unspecified atom stereocenters. The van der Waals surface area contributed by atoms with Gasteiger partial charge in [0.05, 0.1) is 22.6 Å². The number of benzene rings is 1. The molecular weight excluding hydrogens is 345 g/mol. The standard InChI is InChI=1S/C18H17F3N4O/c1-10(2)15(16-23-12-5-3-4-6-13(12)24-16)25-17(26)11-7-8-14(22-9-11)18(19,20)21/h3-10,15H,1-2H3,(H,23,24)(H,25,26). The Labute approximate surface area is 147 Å². The molecule has 0 saturated carbocycles. The fourth-order valence-corrected chi connectivity index (χ4v) is 2.59. The van der Waals surface area contributed by atoms with Crippen LogP contribution in [0.4, 0.5) is 13.2 Å². The second-order valence-electron chi connectivity index (χ2n) is 6.26. The second kappa shape index (κ2) is 6.78. The van der Waals surface area contributed by atoms with E-state index in [2.05, 4.69) is 20.3 Å². The van der Waals surface area contributed by atoms with Gasteiger partial charge in [0.25, 0.3) is 5.91 Å². The smallest absolute Gasteiger partial charge is 0.342 e. The lowest BCUT2D eigenvalue weighted by atomic mass is 10.0. The maximum Gasteiger partial charge on any atom is 0.433 e. The highest BCUT2D eigenvalue weighted by Gasteiger charge is 2.32. The molecule has 2 aromatic heterocycles. The SMILES string of the molecule is CC(C)C(NC(=O)c1ccc(C(F)(F)F)nc1)c1nc2ccccc2[nH]1. The van der Waals surface area contributed by atoms with Gasteiger partial charge in [0, 0.05) is 6.20 Å². The Kier molecular flexibility index (Phi) is 4.67. The molecule has 0 fully saturated rings. The van der Waals surface area contributed by atoms with Crippen molar-refractivity contribution in [2.45, 2.75) is 26.1 Å². The van der Waals surface area contributed by atoms with E-state index in [0.717, 1.165) is 29.4 Å². The summed E-state index contributed by atoms with van der Waals surface area (Å²) in [5.41, 5.74) is 0.642. The molecule has 5 nitrogen and oxygen atoms in total. The maximum atomic E-state index is 12.6. The average Bonchev–Trinajstić information content (AvgIpc) is 3.02. The van der Waals surface area contributed by atoms with E-state index in [0.29, 0.717) is 5.82 Å². The lowest BCUT2D eigenvalue weighted by Crippen LogP contribution is -2.32. The van der Waals surface area contributed by atoms with Gasteiger partial charge in [0.1, 0.15) is 11.5 Å². The van der Waals surface area contributed by atoms with Gasteiger partial charge in [-0.15, -0.1) is 0 Å². The Bertz CT molecular complexity index is 883. The van der Waals surface area contributed by atoms with E-state index in [1.807, 2.05) is 38.1 Å². The number of para-hydroxylation sites is 2.